The predicted molar refractivity (Wildman–Crippen MR) is 76.3 cm³/mol. The van der Waals surface area contributed by atoms with Gasteiger partial charge in [0.05, 0.1) is 6.10 Å². The van der Waals surface area contributed by atoms with Crippen molar-refractivity contribution in [3.05, 3.63) is 23.9 Å². The first-order valence-corrected chi connectivity index (χ1v) is 7.37. The molecule has 0 spiro atoms. The highest BCUT2D eigenvalue weighted by atomic mass is 16.3. The number of hydrogen-bond donors (Lipinski definition) is 1. The Morgan fingerprint density at radius 3 is 2.68 bits per heavy atom. The number of hydrogen-bond acceptors (Lipinski definition) is 4. The second-order valence-corrected chi connectivity index (χ2v) is 5.76. The number of rotatable bonds is 3. The molecule has 4 nitrogen and oxygen atoms in total. The first-order valence-electron chi connectivity index (χ1n) is 7.37. The van der Waals surface area contributed by atoms with Crippen molar-refractivity contribution in [3.8, 4) is 0 Å². The second kappa shape index (κ2) is 5.47. The number of likely N-dealkylation sites (tertiary alicyclic amines) is 1. The van der Waals surface area contributed by atoms with Gasteiger partial charge in [0.2, 0.25) is 0 Å². The first kappa shape index (κ1) is 12.9. The number of aliphatic hydroxyl groups excluding tert-OH is 1. The molecule has 0 saturated carbocycles. The topological polar surface area (TPSA) is 39.6 Å². The molecule has 0 amide bonds. The van der Waals surface area contributed by atoms with Crippen LogP contribution >= 0.6 is 0 Å². The highest BCUT2D eigenvalue weighted by molar-refractivity contribution is 5.41. The number of nitrogens with zero attached hydrogens (tertiary/aromatic N) is 3. The average molecular weight is 261 g/mol. The summed E-state index contributed by atoms with van der Waals surface area (Å²) in [7, 11) is 0. The summed E-state index contributed by atoms with van der Waals surface area (Å²) in [6.45, 7) is 6.51. The molecule has 1 aromatic rings. The molecule has 104 valence electrons. The van der Waals surface area contributed by atoms with Gasteiger partial charge in [0.25, 0.3) is 0 Å². The molecular weight excluding hydrogens is 238 g/mol. The summed E-state index contributed by atoms with van der Waals surface area (Å²) < 4.78 is 0. The van der Waals surface area contributed by atoms with Gasteiger partial charge in [-0.15, -0.1) is 0 Å². The Hall–Kier alpha value is -1.13. The zero-order valence-electron chi connectivity index (χ0n) is 11.6. The van der Waals surface area contributed by atoms with Crippen LogP contribution in [0.1, 0.15) is 37.9 Å². The summed E-state index contributed by atoms with van der Waals surface area (Å²) >= 11 is 0. The molecule has 2 atom stereocenters. The molecule has 2 aliphatic rings. The fraction of sp³-hybridized carbons (Fsp3) is 0.667. The molecule has 1 aromatic heterocycles. The monoisotopic (exact) mass is 261 g/mol. The summed E-state index contributed by atoms with van der Waals surface area (Å²) in [5, 5.41) is 9.51. The Labute approximate surface area is 115 Å². The summed E-state index contributed by atoms with van der Waals surface area (Å²) in [6, 6.07) is 4.73. The predicted octanol–water partition coefficient (Wildman–Crippen LogP) is 1.81. The van der Waals surface area contributed by atoms with Crippen LogP contribution in [0.15, 0.2) is 18.3 Å². The SMILES string of the molecule is C[C@@H](O)c1ccc(N2CCC(N3CCCC3)C2)nc1. The molecule has 3 rings (SSSR count). The summed E-state index contributed by atoms with van der Waals surface area (Å²) in [5.74, 6) is 1.05. The molecule has 4 heteroatoms. The fourth-order valence-corrected chi connectivity index (χ4v) is 3.19. The molecule has 3 heterocycles. The van der Waals surface area contributed by atoms with E-state index in [9.17, 15) is 5.11 Å². The van der Waals surface area contributed by atoms with Gasteiger partial charge < -0.3 is 10.0 Å². The first-order chi connectivity index (χ1) is 9.24. The maximum atomic E-state index is 9.51. The van der Waals surface area contributed by atoms with E-state index in [0.717, 1.165) is 24.5 Å². The number of aliphatic hydroxyl groups is 1. The molecule has 0 radical (unpaired) electrons. The minimum absolute atomic E-state index is 0.433. The molecule has 0 aliphatic carbocycles. The van der Waals surface area contributed by atoms with Crippen LogP contribution in [-0.2, 0) is 0 Å². The Morgan fingerprint density at radius 1 is 1.26 bits per heavy atom. The van der Waals surface area contributed by atoms with Crippen molar-refractivity contribution in [2.45, 2.75) is 38.3 Å². The van der Waals surface area contributed by atoms with Crippen LogP contribution in [0.4, 0.5) is 5.82 Å². The average Bonchev–Trinajstić information content (AvgIpc) is 3.10. The Morgan fingerprint density at radius 2 is 2.05 bits per heavy atom. The van der Waals surface area contributed by atoms with Crippen LogP contribution in [-0.4, -0.2) is 47.2 Å². The van der Waals surface area contributed by atoms with Crippen molar-refractivity contribution in [1.29, 1.82) is 0 Å². The zero-order chi connectivity index (χ0) is 13.2. The van der Waals surface area contributed by atoms with Crippen LogP contribution in [0.2, 0.25) is 0 Å². The van der Waals surface area contributed by atoms with E-state index in [1.807, 2.05) is 12.1 Å². The largest absolute Gasteiger partial charge is 0.389 e. The summed E-state index contributed by atoms with van der Waals surface area (Å²) in [4.78, 5) is 9.49. The third kappa shape index (κ3) is 2.74. The van der Waals surface area contributed by atoms with Gasteiger partial charge in [0.15, 0.2) is 0 Å². The molecule has 2 saturated heterocycles. The lowest BCUT2D eigenvalue weighted by Crippen LogP contribution is -2.35. The molecule has 0 aromatic carbocycles. The molecule has 2 fully saturated rings. The number of anilines is 1. The second-order valence-electron chi connectivity index (χ2n) is 5.76. The lowest BCUT2D eigenvalue weighted by Gasteiger charge is -2.24. The van der Waals surface area contributed by atoms with Gasteiger partial charge in [-0.25, -0.2) is 4.98 Å². The van der Waals surface area contributed by atoms with Crippen molar-refractivity contribution in [2.24, 2.45) is 0 Å². The van der Waals surface area contributed by atoms with Gasteiger partial charge in [-0.05, 0) is 50.9 Å². The Bertz CT molecular complexity index is 412. The minimum Gasteiger partial charge on any atom is -0.389 e. The van der Waals surface area contributed by atoms with Crippen LogP contribution < -0.4 is 4.90 Å². The van der Waals surface area contributed by atoms with E-state index in [1.54, 1.807) is 13.1 Å². The minimum atomic E-state index is -0.433. The van der Waals surface area contributed by atoms with Gasteiger partial charge in [0.1, 0.15) is 5.82 Å². The number of pyridine rings is 1. The van der Waals surface area contributed by atoms with Crippen molar-refractivity contribution in [2.75, 3.05) is 31.1 Å². The molecule has 1 N–H and O–H groups in total. The molecular formula is C15H23N3O. The van der Waals surface area contributed by atoms with Crippen molar-refractivity contribution in [3.63, 3.8) is 0 Å². The standard InChI is InChI=1S/C15H23N3O/c1-12(19)13-4-5-15(16-10-13)18-9-6-14(11-18)17-7-2-3-8-17/h4-5,10,12,14,19H,2-3,6-9,11H2,1H3/t12-,14?/m1/s1. The fourth-order valence-electron chi connectivity index (χ4n) is 3.19. The Balaban J connectivity index is 1.63. The maximum Gasteiger partial charge on any atom is 0.128 e. The molecule has 2 aliphatic heterocycles. The van der Waals surface area contributed by atoms with Gasteiger partial charge >= 0.3 is 0 Å². The van der Waals surface area contributed by atoms with E-state index in [4.69, 9.17) is 0 Å². The van der Waals surface area contributed by atoms with E-state index in [2.05, 4.69) is 14.8 Å². The van der Waals surface area contributed by atoms with Gasteiger partial charge in [-0.2, -0.15) is 0 Å². The molecule has 0 bridgehead atoms. The van der Waals surface area contributed by atoms with E-state index in [1.165, 1.54) is 32.4 Å². The van der Waals surface area contributed by atoms with Crippen LogP contribution in [0, 0.1) is 0 Å². The molecule has 1 unspecified atom stereocenters. The van der Waals surface area contributed by atoms with E-state index in [-0.39, 0.29) is 0 Å². The summed E-state index contributed by atoms with van der Waals surface area (Å²) in [6.07, 6.45) is 5.33. The van der Waals surface area contributed by atoms with E-state index < -0.39 is 6.10 Å². The lowest BCUT2D eigenvalue weighted by atomic mass is 10.2. The van der Waals surface area contributed by atoms with Crippen molar-refractivity contribution < 1.29 is 5.11 Å². The zero-order valence-corrected chi connectivity index (χ0v) is 11.6. The van der Waals surface area contributed by atoms with Gasteiger partial charge in [0, 0.05) is 25.3 Å². The maximum absolute atomic E-state index is 9.51. The van der Waals surface area contributed by atoms with Crippen LogP contribution in [0.25, 0.3) is 0 Å². The lowest BCUT2D eigenvalue weighted by molar-refractivity contribution is 0.199. The third-order valence-electron chi connectivity index (χ3n) is 4.40. The van der Waals surface area contributed by atoms with Crippen molar-refractivity contribution in [1.82, 2.24) is 9.88 Å². The summed E-state index contributed by atoms with van der Waals surface area (Å²) in [5.41, 5.74) is 0.888. The quantitative estimate of drug-likeness (QED) is 0.901. The van der Waals surface area contributed by atoms with Crippen LogP contribution in [0.5, 0.6) is 0 Å². The van der Waals surface area contributed by atoms with E-state index in [0.29, 0.717) is 6.04 Å². The Kier molecular flexibility index (Phi) is 3.71. The normalized spacial score (nSPS) is 26.0. The van der Waals surface area contributed by atoms with Gasteiger partial charge in [-0.1, -0.05) is 6.07 Å². The highest BCUT2D eigenvalue weighted by Crippen LogP contribution is 2.24. The van der Waals surface area contributed by atoms with Crippen LogP contribution in [0.3, 0.4) is 0 Å². The highest BCUT2D eigenvalue weighted by Gasteiger charge is 2.29. The number of aromatic nitrogens is 1. The molecule has 19 heavy (non-hydrogen) atoms. The van der Waals surface area contributed by atoms with Gasteiger partial charge in [-0.3, -0.25) is 4.90 Å². The van der Waals surface area contributed by atoms with E-state index >= 15 is 0 Å². The van der Waals surface area contributed by atoms with Crippen molar-refractivity contribution >= 4 is 5.82 Å². The smallest absolute Gasteiger partial charge is 0.128 e. The third-order valence-corrected chi connectivity index (χ3v) is 4.40.